The fraction of sp³-hybridized carbons (Fsp3) is 0.412. The van der Waals surface area contributed by atoms with Crippen molar-refractivity contribution < 1.29 is 8.42 Å². The Morgan fingerprint density at radius 1 is 0.958 bits per heavy atom. The van der Waals surface area contributed by atoms with Gasteiger partial charge in [0.25, 0.3) is 0 Å². The lowest BCUT2D eigenvalue weighted by molar-refractivity contribution is 0.383. The van der Waals surface area contributed by atoms with E-state index in [4.69, 9.17) is 0 Å². The van der Waals surface area contributed by atoms with Crippen LogP contribution in [0.1, 0.15) is 11.3 Å². The van der Waals surface area contributed by atoms with Gasteiger partial charge >= 0.3 is 0 Å². The molecule has 2 heterocycles. The maximum Gasteiger partial charge on any atom is 0.214 e. The monoisotopic (exact) mass is 346 g/mol. The Balaban J connectivity index is 1.56. The summed E-state index contributed by atoms with van der Waals surface area (Å²) in [5.41, 5.74) is 1.93. The zero-order valence-electron chi connectivity index (χ0n) is 13.8. The summed E-state index contributed by atoms with van der Waals surface area (Å²) in [6.07, 6.45) is 0.548. The van der Waals surface area contributed by atoms with Crippen molar-refractivity contribution in [2.24, 2.45) is 0 Å². The molecule has 0 saturated carbocycles. The molecule has 128 valence electrons. The van der Waals surface area contributed by atoms with Gasteiger partial charge in [0.05, 0.1) is 11.4 Å². The van der Waals surface area contributed by atoms with E-state index in [-0.39, 0.29) is 5.75 Å². The summed E-state index contributed by atoms with van der Waals surface area (Å²) in [7, 11) is -3.22. The molecule has 1 aromatic carbocycles. The van der Waals surface area contributed by atoms with Crippen LogP contribution in [0.15, 0.2) is 42.5 Å². The summed E-state index contributed by atoms with van der Waals surface area (Å²) in [5, 5.41) is 8.23. The largest absolute Gasteiger partial charge is 0.352 e. The number of nitrogens with zero attached hydrogens (tertiary/aromatic N) is 4. The van der Waals surface area contributed by atoms with E-state index in [9.17, 15) is 8.42 Å². The normalized spacial score (nSPS) is 16.3. The molecule has 2 aromatic rings. The van der Waals surface area contributed by atoms with E-state index in [1.807, 2.05) is 49.4 Å². The molecular formula is C17H22N4O2S. The Morgan fingerprint density at radius 3 is 2.29 bits per heavy atom. The van der Waals surface area contributed by atoms with E-state index in [2.05, 4.69) is 15.1 Å². The number of rotatable bonds is 5. The number of benzene rings is 1. The van der Waals surface area contributed by atoms with E-state index in [1.54, 1.807) is 4.31 Å². The minimum Gasteiger partial charge on any atom is -0.352 e. The molecular weight excluding hydrogens is 324 g/mol. The molecule has 0 N–H and O–H groups in total. The highest BCUT2D eigenvalue weighted by Gasteiger charge is 2.27. The summed E-state index contributed by atoms with van der Waals surface area (Å²) in [6.45, 7) is 4.16. The first-order valence-electron chi connectivity index (χ1n) is 8.12. The first-order valence-corrected chi connectivity index (χ1v) is 9.72. The Labute approximate surface area is 143 Å². The highest BCUT2D eigenvalue weighted by atomic mass is 32.2. The quantitative estimate of drug-likeness (QED) is 0.820. The van der Waals surface area contributed by atoms with Crippen LogP contribution in [-0.4, -0.2) is 54.9 Å². The predicted molar refractivity (Wildman–Crippen MR) is 94.5 cm³/mol. The Bertz CT molecular complexity index is 755. The number of aromatic nitrogens is 2. The second-order valence-electron chi connectivity index (χ2n) is 5.97. The van der Waals surface area contributed by atoms with E-state index >= 15 is 0 Å². The third-order valence-corrected chi connectivity index (χ3v) is 6.10. The van der Waals surface area contributed by atoms with Crippen LogP contribution in [0.25, 0.3) is 0 Å². The minimum absolute atomic E-state index is 0.154. The number of hydrogen-bond donors (Lipinski definition) is 0. The van der Waals surface area contributed by atoms with E-state index in [0.717, 1.165) is 17.1 Å². The molecule has 1 saturated heterocycles. The summed E-state index contributed by atoms with van der Waals surface area (Å²) in [6, 6.07) is 13.6. The van der Waals surface area contributed by atoms with Crippen molar-refractivity contribution in [3.63, 3.8) is 0 Å². The number of hydrogen-bond acceptors (Lipinski definition) is 5. The number of sulfonamides is 1. The number of anilines is 1. The maximum absolute atomic E-state index is 12.5. The van der Waals surface area contributed by atoms with Gasteiger partial charge in [0.2, 0.25) is 10.0 Å². The van der Waals surface area contributed by atoms with Crippen molar-refractivity contribution in [2.75, 3.05) is 36.8 Å². The van der Waals surface area contributed by atoms with Crippen molar-refractivity contribution in [2.45, 2.75) is 13.3 Å². The lowest BCUT2D eigenvalue weighted by Crippen LogP contribution is -2.49. The lowest BCUT2D eigenvalue weighted by atomic mass is 10.2. The second kappa shape index (κ2) is 7.27. The van der Waals surface area contributed by atoms with Crippen LogP contribution in [0.5, 0.6) is 0 Å². The Kier molecular flexibility index (Phi) is 5.11. The molecule has 0 radical (unpaired) electrons. The molecule has 0 amide bonds. The standard InChI is InChI=1S/C17H22N4O2S/c1-15-7-8-17(19-18-15)20-10-12-21(13-11-20)24(22,23)14-9-16-5-3-2-4-6-16/h2-8H,9-14H2,1H3. The van der Waals surface area contributed by atoms with Crippen LogP contribution in [-0.2, 0) is 16.4 Å². The zero-order valence-corrected chi connectivity index (χ0v) is 14.6. The molecule has 0 unspecified atom stereocenters. The van der Waals surface area contributed by atoms with E-state index < -0.39 is 10.0 Å². The van der Waals surface area contributed by atoms with Gasteiger partial charge in [0, 0.05) is 26.2 Å². The Morgan fingerprint density at radius 2 is 1.67 bits per heavy atom. The molecule has 0 bridgehead atoms. The molecule has 1 fully saturated rings. The topological polar surface area (TPSA) is 66.4 Å². The van der Waals surface area contributed by atoms with Gasteiger partial charge in [-0.15, -0.1) is 5.10 Å². The highest BCUT2D eigenvalue weighted by molar-refractivity contribution is 7.89. The Hall–Kier alpha value is -1.99. The summed E-state index contributed by atoms with van der Waals surface area (Å²) in [5.74, 6) is 0.961. The van der Waals surface area contributed by atoms with Crippen LogP contribution < -0.4 is 4.90 Å². The molecule has 7 heteroatoms. The third-order valence-electron chi connectivity index (χ3n) is 4.23. The average molecular weight is 346 g/mol. The molecule has 24 heavy (non-hydrogen) atoms. The minimum atomic E-state index is -3.22. The smallest absolute Gasteiger partial charge is 0.214 e. The van der Waals surface area contributed by atoms with Crippen LogP contribution in [0.2, 0.25) is 0 Å². The van der Waals surface area contributed by atoms with E-state index in [0.29, 0.717) is 32.6 Å². The zero-order chi connectivity index (χ0) is 17.0. The SMILES string of the molecule is Cc1ccc(N2CCN(S(=O)(=O)CCc3ccccc3)CC2)nn1. The average Bonchev–Trinajstić information content (AvgIpc) is 2.62. The van der Waals surface area contributed by atoms with Gasteiger partial charge in [0.1, 0.15) is 0 Å². The maximum atomic E-state index is 12.5. The van der Waals surface area contributed by atoms with Gasteiger partial charge in [-0.2, -0.15) is 9.40 Å². The van der Waals surface area contributed by atoms with Crippen LogP contribution >= 0.6 is 0 Å². The molecule has 0 aliphatic carbocycles. The fourth-order valence-electron chi connectivity index (χ4n) is 2.78. The van der Waals surface area contributed by atoms with Crippen LogP contribution in [0.3, 0.4) is 0 Å². The third kappa shape index (κ3) is 4.10. The summed E-state index contributed by atoms with van der Waals surface area (Å²) in [4.78, 5) is 2.08. The molecule has 0 atom stereocenters. The van der Waals surface area contributed by atoms with Crippen molar-refractivity contribution in [1.82, 2.24) is 14.5 Å². The van der Waals surface area contributed by atoms with Crippen molar-refractivity contribution in [1.29, 1.82) is 0 Å². The van der Waals surface area contributed by atoms with Gasteiger partial charge in [-0.25, -0.2) is 8.42 Å². The number of aryl methyl sites for hydroxylation is 2. The molecule has 1 aliphatic rings. The second-order valence-corrected chi connectivity index (χ2v) is 8.06. The molecule has 6 nitrogen and oxygen atoms in total. The van der Waals surface area contributed by atoms with Crippen LogP contribution in [0.4, 0.5) is 5.82 Å². The van der Waals surface area contributed by atoms with Gasteiger partial charge in [0.15, 0.2) is 5.82 Å². The van der Waals surface area contributed by atoms with E-state index in [1.165, 1.54) is 0 Å². The van der Waals surface area contributed by atoms with Crippen molar-refractivity contribution in [3.8, 4) is 0 Å². The summed E-state index contributed by atoms with van der Waals surface area (Å²) < 4.78 is 26.6. The summed E-state index contributed by atoms with van der Waals surface area (Å²) >= 11 is 0. The first kappa shape index (κ1) is 16.9. The predicted octanol–water partition coefficient (Wildman–Crippen LogP) is 1.48. The highest BCUT2D eigenvalue weighted by Crippen LogP contribution is 2.15. The van der Waals surface area contributed by atoms with Crippen LogP contribution in [0, 0.1) is 6.92 Å². The van der Waals surface area contributed by atoms with Gasteiger partial charge < -0.3 is 4.90 Å². The molecule has 1 aliphatic heterocycles. The van der Waals surface area contributed by atoms with Crippen molar-refractivity contribution >= 4 is 15.8 Å². The molecule has 1 aromatic heterocycles. The van der Waals surface area contributed by atoms with Gasteiger partial charge in [-0.3, -0.25) is 0 Å². The number of piperazine rings is 1. The first-order chi connectivity index (χ1) is 11.5. The van der Waals surface area contributed by atoms with Gasteiger partial charge in [-0.1, -0.05) is 30.3 Å². The fourth-order valence-corrected chi connectivity index (χ4v) is 4.25. The van der Waals surface area contributed by atoms with Crippen molar-refractivity contribution in [3.05, 3.63) is 53.7 Å². The lowest BCUT2D eigenvalue weighted by Gasteiger charge is -2.34. The molecule has 0 spiro atoms. The van der Waals surface area contributed by atoms with Gasteiger partial charge in [-0.05, 0) is 31.0 Å². The molecule has 3 rings (SSSR count).